The fourth-order valence-electron chi connectivity index (χ4n) is 2.05. The first-order valence-electron chi connectivity index (χ1n) is 6.33. The van der Waals surface area contributed by atoms with E-state index in [1.807, 2.05) is 13.0 Å². The fraction of sp³-hybridized carbons (Fsp3) is 0.133. The van der Waals surface area contributed by atoms with Crippen molar-refractivity contribution in [2.45, 2.75) is 6.92 Å². The first-order chi connectivity index (χ1) is 10.2. The molecule has 1 aliphatic rings. The first kappa shape index (κ1) is 13.1. The molecule has 0 spiro atoms. The van der Waals surface area contributed by atoms with E-state index in [1.54, 1.807) is 30.3 Å². The lowest BCUT2D eigenvalue weighted by Crippen LogP contribution is -2.14. The van der Waals surface area contributed by atoms with Gasteiger partial charge in [-0.1, -0.05) is 16.8 Å². The van der Waals surface area contributed by atoms with Crippen LogP contribution in [0.25, 0.3) is 0 Å². The number of rotatable bonds is 3. The first-order valence-corrected chi connectivity index (χ1v) is 6.33. The van der Waals surface area contributed by atoms with Crippen LogP contribution in [-0.4, -0.2) is 17.8 Å². The van der Waals surface area contributed by atoms with E-state index >= 15 is 0 Å². The Balaban J connectivity index is 1.94. The quantitative estimate of drug-likeness (QED) is 0.392. The number of aryl methyl sites for hydroxylation is 1. The second-order valence-corrected chi connectivity index (χ2v) is 4.60. The molecule has 0 saturated carbocycles. The van der Waals surface area contributed by atoms with E-state index in [-0.39, 0.29) is 12.6 Å². The van der Waals surface area contributed by atoms with Gasteiger partial charge in [-0.2, -0.15) is 0 Å². The lowest BCUT2D eigenvalue weighted by molar-refractivity contribution is 0.174. The van der Waals surface area contributed by atoms with Gasteiger partial charge in [0.25, 0.3) is 0 Å². The summed E-state index contributed by atoms with van der Waals surface area (Å²) in [5.74, 6) is 2.38. The smallest absolute Gasteiger partial charge is 0.231 e. The minimum atomic E-state index is -0.00515. The van der Waals surface area contributed by atoms with Gasteiger partial charge < -0.3 is 25.2 Å². The summed E-state index contributed by atoms with van der Waals surface area (Å²) in [6.45, 7) is 2.12. The van der Waals surface area contributed by atoms with Crippen LogP contribution in [0.3, 0.4) is 0 Å². The standard InChI is InChI=1S/C15H14N2O4/c1-9-2-4-12(11(6-9)15(16)17-18)21-10-3-5-13-14(7-10)20-8-19-13/h2-7,18H,8H2,1H3,(H2,16,17). The van der Waals surface area contributed by atoms with Crippen LogP contribution in [0.2, 0.25) is 0 Å². The molecule has 21 heavy (non-hydrogen) atoms. The maximum atomic E-state index is 8.87. The summed E-state index contributed by atoms with van der Waals surface area (Å²) < 4.78 is 16.4. The molecule has 0 amide bonds. The summed E-state index contributed by atoms with van der Waals surface area (Å²) in [6, 6.07) is 10.7. The van der Waals surface area contributed by atoms with Crippen molar-refractivity contribution in [2.75, 3.05) is 6.79 Å². The Bertz CT molecular complexity index is 713. The Labute approximate surface area is 121 Å². The number of nitrogens with zero attached hydrogens (tertiary/aromatic N) is 1. The number of hydrogen-bond acceptors (Lipinski definition) is 5. The topological polar surface area (TPSA) is 86.3 Å². The molecule has 0 bridgehead atoms. The molecule has 0 unspecified atom stereocenters. The van der Waals surface area contributed by atoms with Crippen LogP contribution in [0.4, 0.5) is 0 Å². The highest BCUT2D eigenvalue weighted by Gasteiger charge is 2.15. The number of amidine groups is 1. The van der Waals surface area contributed by atoms with Crippen LogP contribution < -0.4 is 19.9 Å². The second kappa shape index (κ2) is 5.24. The van der Waals surface area contributed by atoms with Crippen molar-refractivity contribution in [3.8, 4) is 23.0 Å². The molecule has 0 atom stereocenters. The van der Waals surface area contributed by atoms with Crippen molar-refractivity contribution in [3.05, 3.63) is 47.5 Å². The molecule has 0 aliphatic carbocycles. The number of fused-ring (bicyclic) bond motifs is 1. The molecule has 0 aromatic heterocycles. The number of ether oxygens (including phenoxy) is 3. The summed E-state index contributed by atoms with van der Waals surface area (Å²) in [4.78, 5) is 0. The van der Waals surface area contributed by atoms with Gasteiger partial charge in [0, 0.05) is 6.07 Å². The second-order valence-electron chi connectivity index (χ2n) is 4.60. The molecule has 1 aliphatic heterocycles. The number of nitrogens with two attached hydrogens (primary N) is 1. The average molecular weight is 286 g/mol. The van der Waals surface area contributed by atoms with Gasteiger partial charge in [0.15, 0.2) is 17.3 Å². The van der Waals surface area contributed by atoms with Gasteiger partial charge in [0.2, 0.25) is 6.79 Å². The molecule has 0 saturated heterocycles. The van der Waals surface area contributed by atoms with Crippen molar-refractivity contribution in [1.82, 2.24) is 0 Å². The molecule has 0 fully saturated rings. The van der Waals surface area contributed by atoms with Crippen LogP contribution >= 0.6 is 0 Å². The van der Waals surface area contributed by atoms with Crippen molar-refractivity contribution >= 4 is 5.84 Å². The van der Waals surface area contributed by atoms with Gasteiger partial charge in [-0.25, -0.2) is 0 Å². The molecule has 2 aromatic carbocycles. The molecule has 0 radical (unpaired) electrons. The van der Waals surface area contributed by atoms with Crippen molar-refractivity contribution in [3.63, 3.8) is 0 Å². The van der Waals surface area contributed by atoms with E-state index < -0.39 is 0 Å². The summed E-state index contributed by atoms with van der Waals surface area (Å²) in [6.07, 6.45) is 0. The third-order valence-electron chi connectivity index (χ3n) is 3.09. The molecule has 108 valence electrons. The average Bonchev–Trinajstić information content (AvgIpc) is 2.96. The summed E-state index contributed by atoms with van der Waals surface area (Å²) in [7, 11) is 0. The predicted molar refractivity (Wildman–Crippen MR) is 76.3 cm³/mol. The molecular weight excluding hydrogens is 272 g/mol. The monoisotopic (exact) mass is 286 g/mol. The van der Waals surface area contributed by atoms with Crippen LogP contribution in [0.1, 0.15) is 11.1 Å². The maximum absolute atomic E-state index is 8.87. The van der Waals surface area contributed by atoms with Crippen LogP contribution in [0, 0.1) is 6.92 Å². The van der Waals surface area contributed by atoms with Crippen LogP contribution in [0.5, 0.6) is 23.0 Å². The highest BCUT2D eigenvalue weighted by atomic mass is 16.7. The fourth-order valence-corrected chi connectivity index (χ4v) is 2.05. The molecule has 2 aromatic rings. The molecule has 6 heteroatoms. The van der Waals surface area contributed by atoms with Crippen LogP contribution in [0.15, 0.2) is 41.6 Å². The van der Waals surface area contributed by atoms with E-state index in [0.29, 0.717) is 28.6 Å². The third kappa shape index (κ3) is 2.55. The molecular formula is C15H14N2O4. The lowest BCUT2D eigenvalue weighted by atomic mass is 10.1. The summed E-state index contributed by atoms with van der Waals surface area (Å²) in [5, 5.41) is 11.9. The Hall–Kier alpha value is -2.89. The van der Waals surface area contributed by atoms with E-state index in [1.165, 1.54) is 0 Å². The Morgan fingerprint density at radius 1 is 1.19 bits per heavy atom. The zero-order valence-electron chi connectivity index (χ0n) is 11.4. The van der Waals surface area contributed by atoms with Crippen molar-refractivity contribution < 1.29 is 19.4 Å². The summed E-state index contributed by atoms with van der Waals surface area (Å²) >= 11 is 0. The minimum absolute atomic E-state index is 0.00515. The Morgan fingerprint density at radius 3 is 2.81 bits per heavy atom. The Kier molecular flexibility index (Phi) is 3.27. The van der Waals surface area contributed by atoms with Gasteiger partial charge in [-0.05, 0) is 31.2 Å². The van der Waals surface area contributed by atoms with Gasteiger partial charge >= 0.3 is 0 Å². The van der Waals surface area contributed by atoms with E-state index in [4.69, 9.17) is 25.2 Å². The number of oxime groups is 1. The number of benzene rings is 2. The van der Waals surface area contributed by atoms with Gasteiger partial charge in [-0.3, -0.25) is 0 Å². The molecule has 6 nitrogen and oxygen atoms in total. The minimum Gasteiger partial charge on any atom is -0.456 e. The van der Waals surface area contributed by atoms with E-state index in [0.717, 1.165) is 5.56 Å². The zero-order valence-corrected chi connectivity index (χ0v) is 11.4. The molecule has 3 N–H and O–H groups in total. The zero-order chi connectivity index (χ0) is 14.8. The third-order valence-corrected chi connectivity index (χ3v) is 3.09. The number of hydrogen-bond donors (Lipinski definition) is 2. The SMILES string of the molecule is Cc1ccc(Oc2ccc3c(c2)OCO3)c(/C(N)=N/O)c1. The highest BCUT2D eigenvalue weighted by Crippen LogP contribution is 2.37. The van der Waals surface area contributed by atoms with Crippen molar-refractivity contribution in [1.29, 1.82) is 0 Å². The molecule has 3 rings (SSSR count). The highest BCUT2D eigenvalue weighted by molar-refractivity contribution is 5.99. The van der Waals surface area contributed by atoms with Crippen LogP contribution in [-0.2, 0) is 0 Å². The lowest BCUT2D eigenvalue weighted by Gasteiger charge is -2.11. The largest absolute Gasteiger partial charge is 0.456 e. The molecule has 1 heterocycles. The van der Waals surface area contributed by atoms with Crippen molar-refractivity contribution in [2.24, 2.45) is 10.9 Å². The van der Waals surface area contributed by atoms with Gasteiger partial charge in [0.05, 0.1) is 5.56 Å². The maximum Gasteiger partial charge on any atom is 0.231 e. The summed E-state index contributed by atoms with van der Waals surface area (Å²) in [5.41, 5.74) is 7.19. The predicted octanol–water partition coefficient (Wildman–Crippen LogP) is 2.61. The van der Waals surface area contributed by atoms with Gasteiger partial charge in [0.1, 0.15) is 11.5 Å². The Morgan fingerprint density at radius 2 is 2.00 bits per heavy atom. The normalized spacial score (nSPS) is 13.3. The van der Waals surface area contributed by atoms with Gasteiger partial charge in [-0.15, -0.1) is 0 Å². The van der Waals surface area contributed by atoms with E-state index in [9.17, 15) is 0 Å². The van der Waals surface area contributed by atoms with E-state index in [2.05, 4.69) is 5.16 Å².